The molecule has 0 amide bonds. The summed E-state index contributed by atoms with van der Waals surface area (Å²) >= 11 is 0. The first-order valence-corrected chi connectivity index (χ1v) is 3.97. The van der Waals surface area contributed by atoms with E-state index < -0.39 is 6.67 Å². The fourth-order valence-electron chi connectivity index (χ4n) is 1.15. The molecule has 0 aromatic heterocycles. The Kier molecular flexibility index (Phi) is 3.29. The van der Waals surface area contributed by atoms with Gasteiger partial charge in [-0.1, -0.05) is 0 Å². The van der Waals surface area contributed by atoms with Crippen molar-refractivity contribution in [2.75, 3.05) is 14.2 Å². The largest absolute Gasteiger partial charge is 0.496 e. The Morgan fingerprint density at radius 2 is 1.93 bits per heavy atom. The van der Waals surface area contributed by atoms with Gasteiger partial charge in [0.25, 0.3) is 0 Å². The summed E-state index contributed by atoms with van der Waals surface area (Å²) in [5.41, 5.74) is 0.713. The minimum absolute atomic E-state index is 0.335. The zero-order valence-electron chi connectivity index (χ0n) is 8.00. The second-order valence-corrected chi connectivity index (χ2v) is 2.61. The third kappa shape index (κ3) is 1.77. The fraction of sp³-hybridized carbons (Fsp3) is 0.300. The van der Waals surface area contributed by atoms with Gasteiger partial charge in [0.1, 0.15) is 24.2 Å². The minimum Gasteiger partial charge on any atom is -0.496 e. The van der Waals surface area contributed by atoms with Crippen LogP contribution in [-0.2, 0) is 6.67 Å². The molecule has 0 unspecified atom stereocenters. The molecule has 0 aliphatic heterocycles. The molecule has 0 aliphatic carbocycles. The lowest BCUT2D eigenvalue weighted by molar-refractivity contribution is 0.384. The first-order chi connectivity index (χ1) is 6.76. The number of ether oxygens (including phenoxy) is 2. The zero-order chi connectivity index (χ0) is 10.6. The predicted molar refractivity (Wildman–Crippen MR) is 49.1 cm³/mol. The molecule has 0 radical (unpaired) electrons. The maximum atomic E-state index is 12.5. The summed E-state index contributed by atoms with van der Waals surface area (Å²) in [7, 11) is 2.87. The Morgan fingerprint density at radius 3 is 2.36 bits per heavy atom. The molecule has 4 heteroatoms. The molecule has 1 aromatic carbocycles. The molecule has 0 atom stereocenters. The van der Waals surface area contributed by atoms with E-state index in [2.05, 4.69) is 0 Å². The third-order valence-corrected chi connectivity index (χ3v) is 1.87. The van der Waals surface area contributed by atoms with E-state index in [4.69, 9.17) is 14.7 Å². The summed E-state index contributed by atoms with van der Waals surface area (Å²) in [6, 6.07) is 4.88. The number of nitriles is 1. The van der Waals surface area contributed by atoms with E-state index in [9.17, 15) is 4.39 Å². The highest BCUT2D eigenvalue weighted by atomic mass is 19.1. The van der Waals surface area contributed by atoms with Gasteiger partial charge < -0.3 is 9.47 Å². The van der Waals surface area contributed by atoms with Gasteiger partial charge in [-0.2, -0.15) is 5.26 Å². The Hall–Kier alpha value is -1.76. The maximum absolute atomic E-state index is 12.5. The Morgan fingerprint density at radius 1 is 1.29 bits per heavy atom. The van der Waals surface area contributed by atoms with Crippen LogP contribution in [0.3, 0.4) is 0 Å². The average molecular weight is 195 g/mol. The van der Waals surface area contributed by atoms with Gasteiger partial charge in [-0.3, -0.25) is 0 Å². The molecule has 3 nitrogen and oxygen atoms in total. The van der Waals surface area contributed by atoms with Crippen LogP contribution < -0.4 is 9.47 Å². The van der Waals surface area contributed by atoms with Crippen LogP contribution in [0.15, 0.2) is 12.1 Å². The highest BCUT2D eigenvalue weighted by molar-refractivity contribution is 5.51. The van der Waals surface area contributed by atoms with E-state index in [0.29, 0.717) is 22.6 Å². The molecule has 0 fully saturated rings. The van der Waals surface area contributed by atoms with Crippen LogP contribution in [0.1, 0.15) is 11.1 Å². The van der Waals surface area contributed by atoms with Gasteiger partial charge in [0.2, 0.25) is 0 Å². The summed E-state index contributed by atoms with van der Waals surface area (Å²) in [5, 5.41) is 8.75. The maximum Gasteiger partial charge on any atom is 0.137 e. The number of alkyl halides is 1. The monoisotopic (exact) mass is 195 g/mol. The summed E-state index contributed by atoms with van der Waals surface area (Å²) in [6.45, 7) is -0.648. The van der Waals surface area contributed by atoms with Gasteiger partial charge in [-0.05, 0) is 6.07 Å². The predicted octanol–water partition coefficient (Wildman–Crippen LogP) is 2.04. The normalized spacial score (nSPS) is 9.29. The highest BCUT2D eigenvalue weighted by Crippen LogP contribution is 2.28. The summed E-state index contributed by atoms with van der Waals surface area (Å²) in [5.74, 6) is 0.728. The van der Waals surface area contributed by atoms with Gasteiger partial charge in [0.05, 0.1) is 19.8 Å². The first kappa shape index (κ1) is 10.3. The molecule has 0 N–H and O–H groups in total. The molecule has 1 aromatic rings. The number of hydrogen-bond donors (Lipinski definition) is 0. The number of methoxy groups -OCH3 is 2. The van der Waals surface area contributed by atoms with Gasteiger partial charge in [0, 0.05) is 11.6 Å². The molecule has 0 saturated carbocycles. The second kappa shape index (κ2) is 4.47. The van der Waals surface area contributed by atoms with E-state index in [1.165, 1.54) is 26.4 Å². The van der Waals surface area contributed by atoms with E-state index in [1.54, 1.807) is 0 Å². The van der Waals surface area contributed by atoms with Crippen LogP contribution in [0.25, 0.3) is 0 Å². The van der Waals surface area contributed by atoms with Gasteiger partial charge in [-0.25, -0.2) is 4.39 Å². The number of halogens is 1. The molecule has 0 heterocycles. The van der Waals surface area contributed by atoms with E-state index >= 15 is 0 Å². The molecule has 0 saturated heterocycles. The van der Waals surface area contributed by atoms with Crippen LogP contribution in [0.2, 0.25) is 0 Å². The lowest BCUT2D eigenvalue weighted by Crippen LogP contribution is -1.95. The van der Waals surface area contributed by atoms with Crippen molar-refractivity contribution < 1.29 is 13.9 Å². The smallest absolute Gasteiger partial charge is 0.137 e. The van der Waals surface area contributed by atoms with E-state index in [-0.39, 0.29) is 0 Å². The molecule has 74 valence electrons. The van der Waals surface area contributed by atoms with Crippen LogP contribution in [0, 0.1) is 11.3 Å². The molecule has 1 rings (SSSR count). The SMILES string of the molecule is COc1cc(CF)c(OC)cc1C#N. The third-order valence-electron chi connectivity index (χ3n) is 1.87. The Labute approximate surface area is 81.7 Å². The topological polar surface area (TPSA) is 42.2 Å². The number of hydrogen-bond acceptors (Lipinski definition) is 3. The molecule has 0 spiro atoms. The van der Waals surface area contributed by atoms with Crippen molar-refractivity contribution in [3.8, 4) is 17.6 Å². The van der Waals surface area contributed by atoms with Crippen LogP contribution >= 0.6 is 0 Å². The summed E-state index contributed by atoms with van der Waals surface area (Å²) in [6.07, 6.45) is 0. The number of benzene rings is 1. The first-order valence-electron chi connectivity index (χ1n) is 3.97. The van der Waals surface area contributed by atoms with Crippen molar-refractivity contribution in [2.45, 2.75) is 6.67 Å². The molecule has 0 bridgehead atoms. The van der Waals surface area contributed by atoms with Crippen molar-refractivity contribution in [3.63, 3.8) is 0 Å². The molecule has 14 heavy (non-hydrogen) atoms. The zero-order valence-corrected chi connectivity index (χ0v) is 8.00. The molecular formula is C10H10FNO2. The van der Waals surface area contributed by atoms with Crippen molar-refractivity contribution in [3.05, 3.63) is 23.3 Å². The van der Waals surface area contributed by atoms with Gasteiger partial charge in [0.15, 0.2) is 0 Å². The number of nitrogens with zero attached hydrogens (tertiary/aromatic N) is 1. The van der Waals surface area contributed by atoms with Gasteiger partial charge in [-0.15, -0.1) is 0 Å². The Bertz CT molecular complexity index is 371. The summed E-state index contributed by atoms with van der Waals surface area (Å²) in [4.78, 5) is 0. The van der Waals surface area contributed by atoms with E-state index in [1.807, 2.05) is 6.07 Å². The highest BCUT2D eigenvalue weighted by Gasteiger charge is 2.10. The molecular weight excluding hydrogens is 185 g/mol. The second-order valence-electron chi connectivity index (χ2n) is 2.61. The minimum atomic E-state index is -0.648. The fourth-order valence-corrected chi connectivity index (χ4v) is 1.15. The van der Waals surface area contributed by atoms with Crippen LogP contribution in [0.5, 0.6) is 11.5 Å². The van der Waals surface area contributed by atoms with Crippen molar-refractivity contribution >= 4 is 0 Å². The van der Waals surface area contributed by atoms with Crippen molar-refractivity contribution in [2.24, 2.45) is 0 Å². The standard InChI is InChI=1S/C10H10FNO2/c1-13-9-4-8(6-12)10(14-2)3-7(9)5-11/h3-4H,5H2,1-2H3. The lowest BCUT2D eigenvalue weighted by Gasteiger charge is -2.09. The van der Waals surface area contributed by atoms with E-state index in [0.717, 1.165) is 0 Å². The van der Waals surface area contributed by atoms with Crippen LogP contribution in [-0.4, -0.2) is 14.2 Å². The quantitative estimate of drug-likeness (QED) is 0.741. The van der Waals surface area contributed by atoms with Crippen molar-refractivity contribution in [1.82, 2.24) is 0 Å². The lowest BCUT2D eigenvalue weighted by atomic mass is 10.1. The average Bonchev–Trinajstić information content (AvgIpc) is 2.26. The molecule has 0 aliphatic rings. The number of rotatable bonds is 3. The van der Waals surface area contributed by atoms with Gasteiger partial charge >= 0.3 is 0 Å². The Balaban J connectivity index is 3.30. The summed E-state index contributed by atoms with van der Waals surface area (Å²) < 4.78 is 22.4. The van der Waals surface area contributed by atoms with Crippen molar-refractivity contribution in [1.29, 1.82) is 5.26 Å². The van der Waals surface area contributed by atoms with Crippen LogP contribution in [0.4, 0.5) is 4.39 Å².